The molecule has 2 aromatic carbocycles. The highest BCUT2D eigenvalue weighted by Gasteiger charge is 2.29. The molecule has 30 heavy (non-hydrogen) atoms. The average molecular weight is 402 g/mol. The molecule has 0 N–H and O–H groups in total. The summed E-state index contributed by atoms with van der Waals surface area (Å²) in [7, 11) is 0. The van der Waals surface area contributed by atoms with E-state index in [0.29, 0.717) is 61.8 Å². The fourth-order valence-corrected chi connectivity index (χ4v) is 4.22. The molecule has 2 aliphatic rings. The molecule has 0 radical (unpaired) electrons. The van der Waals surface area contributed by atoms with E-state index >= 15 is 0 Å². The van der Waals surface area contributed by atoms with E-state index in [9.17, 15) is 9.59 Å². The number of ketones is 1. The summed E-state index contributed by atoms with van der Waals surface area (Å²) in [5.41, 5.74) is 1.98. The summed E-state index contributed by atoms with van der Waals surface area (Å²) < 4.78 is 11.1. The first-order valence-electron chi connectivity index (χ1n) is 10.3. The Hall–Kier alpha value is -3.41. The molecular weight excluding hydrogens is 380 g/mol. The second-order valence-corrected chi connectivity index (χ2v) is 7.67. The minimum absolute atomic E-state index is 0.0236. The first-order chi connectivity index (χ1) is 14.7. The summed E-state index contributed by atoms with van der Waals surface area (Å²) in [4.78, 5) is 32.3. The van der Waals surface area contributed by atoms with Crippen molar-refractivity contribution in [1.29, 1.82) is 0 Å². The molecule has 0 bridgehead atoms. The summed E-state index contributed by atoms with van der Waals surface area (Å²) in [6.07, 6.45) is 3.01. The van der Waals surface area contributed by atoms with Crippen LogP contribution in [0.1, 0.15) is 33.6 Å². The van der Waals surface area contributed by atoms with Crippen molar-refractivity contribution in [3.05, 3.63) is 65.9 Å². The lowest BCUT2D eigenvalue weighted by Crippen LogP contribution is -2.40. The number of nitrogens with zero attached hydrogens (tertiary/aromatic N) is 2. The van der Waals surface area contributed by atoms with Crippen molar-refractivity contribution in [2.75, 3.05) is 26.3 Å². The van der Waals surface area contributed by atoms with Crippen molar-refractivity contribution >= 4 is 22.6 Å². The maximum absolute atomic E-state index is 13.1. The Labute approximate surface area is 174 Å². The van der Waals surface area contributed by atoms with Crippen LogP contribution in [0.3, 0.4) is 0 Å². The molecule has 2 aliphatic heterocycles. The Balaban J connectivity index is 1.28. The lowest BCUT2D eigenvalue weighted by molar-refractivity contribution is 0.0651. The van der Waals surface area contributed by atoms with Gasteiger partial charge in [-0.05, 0) is 43.2 Å². The SMILES string of the molecule is O=C(c1ccc2c(c1)OCCO2)C1CCN(C(=O)c2cccc3cccnc23)CC1. The van der Waals surface area contributed by atoms with E-state index in [1.54, 1.807) is 24.4 Å². The lowest BCUT2D eigenvalue weighted by Gasteiger charge is -2.31. The van der Waals surface area contributed by atoms with Crippen LogP contribution in [0.5, 0.6) is 11.5 Å². The molecule has 1 amide bonds. The fourth-order valence-electron chi connectivity index (χ4n) is 4.22. The monoisotopic (exact) mass is 402 g/mol. The number of fused-ring (bicyclic) bond motifs is 2. The zero-order chi connectivity index (χ0) is 20.5. The zero-order valence-corrected chi connectivity index (χ0v) is 16.5. The fraction of sp³-hybridized carbons (Fsp3) is 0.292. The van der Waals surface area contributed by atoms with Gasteiger partial charge in [0.25, 0.3) is 5.91 Å². The third kappa shape index (κ3) is 3.38. The van der Waals surface area contributed by atoms with Crippen LogP contribution in [0.25, 0.3) is 10.9 Å². The molecule has 6 heteroatoms. The van der Waals surface area contributed by atoms with E-state index in [2.05, 4.69) is 4.98 Å². The third-order valence-electron chi connectivity index (χ3n) is 5.84. The topological polar surface area (TPSA) is 68.7 Å². The van der Waals surface area contributed by atoms with Gasteiger partial charge in [0.15, 0.2) is 17.3 Å². The predicted molar refractivity (Wildman–Crippen MR) is 112 cm³/mol. The van der Waals surface area contributed by atoms with Crippen molar-refractivity contribution in [1.82, 2.24) is 9.88 Å². The number of hydrogen-bond acceptors (Lipinski definition) is 5. The number of aromatic nitrogens is 1. The minimum atomic E-state index is -0.0951. The molecule has 1 aromatic heterocycles. The van der Waals surface area contributed by atoms with Gasteiger partial charge < -0.3 is 14.4 Å². The van der Waals surface area contributed by atoms with Crippen LogP contribution in [0, 0.1) is 5.92 Å². The molecule has 0 atom stereocenters. The number of benzene rings is 2. The van der Waals surface area contributed by atoms with E-state index in [0.717, 1.165) is 10.9 Å². The molecular formula is C24H22N2O4. The number of carbonyl (C=O) groups is 2. The van der Waals surface area contributed by atoms with Gasteiger partial charge in [0, 0.05) is 36.2 Å². The van der Waals surface area contributed by atoms with Gasteiger partial charge in [-0.2, -0.15) is 0 Å². The number of para-hydroxylation sites is 1. The largest absolute Gasteiger partial charge is 0.486 e. The Bertz CT molecular complexity index is 1110. The molecule has 6 nitrogen and oxygen atoms in total. The number of Topliss-reactive ketones (excluding diaryl/α,β-unsaturated/α-hetero) is 1. The van der Waals surface area contributed by atoms with Gasteiger partial charge in [0.1, 0.15) is 13.2 Å². The van der Waals surface area contributed by atoms with Crippen molar-refractivity contribution in [2.45, 2.75) is 12.8 Å². The Morgan fingerprint density at radius 3 is 2.53 bits per heavy atom. The van der Waals surface area contributed by atoms with E-state index in [-0.39, 0.29) is 17.6 Å². The number of piperidine rings is 1. The number of rotatable bonds is 3. The highest BCUT2D eigenvalue weighted by Crippen LogP contribution is 2.33. The van der Waals surface area contributed by atoms with Crippen LogP contribution in [0.15, 0.2) is 54.7 Å². The van der Waals surface area contributed by atoms with Gasteiger partial charge in [-0.25, -0.2) is 0 Å². The summed E-state index contributed by atoms with van der Waals surface area (Å²) in [5, 5.41) is 0.951. The zero-order valence-electron chi connectivity index (χ0n) is 16.5. The molecule has 0 aliphatic carbocycles. The van der Waals surface area contributed by atoms with Crippen molar-refractivity contribution < 1.29 is 19.1 Å². The first kappa shape index (κ1) is 18.6. The first-order valence-corrected chi connectivity index (χ1v) is 10.3. The average Bonchev–Trinajstić information content (AvgIpc) is 2.82. The van der Waals surface area contributed by atoms with E-state index in [4.69, 9.17) is 9.47 Å². The van der Waals surface area contributed by atoms with Gasteiger partial charge >= 0.3 is 0 Å². The summed E-state index contributed by atoms with van der Waals surface area (Å²) in [6.45, 7) is 2.14. The standard InChI is InChI=1S/C24H22N2O4/c27-23(18-6-7-20-21(15-18)30-14-13-29-20)17-8-11-26(12-9-17)24(28)19-5-1-3-16-4-2-10-25-22(16)19/h1-7,10,15,17H,8-9,11-14H2. The van der Waals surface area contributed by atoms with Gasteiger partial charge in [-0.15, -0.1) is 0 Å². The number of likely N-dealkylation sites (tertiary alicyclic amines) is 1. The predicted octanol–water partition coefficient (Wildman–Crippen LogP) is 3.74. The van der Waals surface area contributed by atoms with Gasteiger partial charge in [0.2, 0.25) is 0 Å². The van der Waals surface area contributed by atoms with Crippen molar-refractivity contribution in [3.63, 3.8) is 0 Å². The smallest absolute Gasteiger partial charge is 0.256 e. The van der Waals surface area contributed by atoms with Crippen LogP contribution in [-0.2, 0) is 0 Å². The number of pyridine rings is 1. The van der Waals surface area contributed by atoms with Crippen molar-refractivity contribution in [3.8, 4) is 11.5 Å². The van der Waals surface area contributed by atoms with Crippen LogP contribution >= 0.6 is 0 Å². The summed E-state index contributed by atoms with van der Waals surface area (Å²) in [5.74, 6) is 1.29. The normalized spacial score (nSPS) is 16.5. The van der Waals surface area contributed by atoms with Crippen LogP contribution < -0.4 is 9.47 Å². The second kappa shape index (κ2) is 7.78. The molecule has 3 heterocycles. The van der Waals surface area contributed by atoms with Gasteiger partial charge in [-0.1, -0.05) is 18.2 Å². The number of amides is 1. The van der Waals surface area contributed by atoms with Crippen LogP contribution in [0.2, 0.25) is 0 Å². The van der Waals surface area contributed by atoms with Gasteiger partial charge in [0.05, 0.1) is 11.1 Å². The highest BCUT2D eigenvalue weighted by atomic mass is 16.6. The quantitative estimate of drug-likeness (QED) is 0.625. The molecule has 3 aromatic rings. The third-order valence-corrected chi connectivity index (χ3v) is 5.84. The molecule has 152 valence electrons. The number of ether oxygens (including phenoxy) is 2. The van der Waals surface area contributed by atoms with E-state index in [1.807, 2.05) is 35.2 Å². The summed E-state index contributed by atoms with van der Waals surface area (Å²) >= 11 is 0. The highest BCUT2D eigenvalue weighted by molar-refractivity contribution is 6.05. The number of carbonyl (C=O) groups excluding carboxylic acids is 2. The Morgan fingerprint density at radius 1 is 0.933 bits per heavy atom. The molecule has 1 fully saturated rings. The Morgan fingerprint density at radius 2 is 1.70 bits per heavy atom. The Kier molecular flexibility index (Phi) is 4.83. The van der Waals surface area contributed by atoms with E-state index < -0.39 is 0 Å². The van der Waals surface area contributed by atoms with Crippen LogP contribution in [-0.4, -0.2) is 47.9 Å². The maximum Gasteiger partial charge on any atom is 0.256 e. The molecule has 1 saturated heterocycles. The van der Waals surface area contributed by atoms with E-state index in [1.165, 1.54) is 0 Å². The second-order valence-electron chi connectivity index (χ2n) is 7.67. The lowest BCUT2D eigenvalue weighted by atomic mass is 9.88. The number of hydrogen-bond donors (Lipinski definition) is 0. The van der Waals surface area contributed by atoms with Crippen LogP contribution in [0.4, 0.5) is 0 Å². The van der Waals surface area contributed by atoms with Crippen molar-refractivity contribution in [2.24, 2.45) is 5.92 Å². The van der Waals surface area contributed by atoms with Gasteiger partial charge in [-0.3, -0.25) is 14.6 Å². The molecule has 0 unspecified atom stereocenters. The maximum atomic E-state index is 13.1. The molecule has 0 saturated carbocycles. The minimum Gasteiger partial charge on any atom is -0.486 e. The summed E-state index contributed by atoms with van der Waals surface area (Å²) in [6, 6.07) is 14.9. The molecule has 0 spiro atoms. The molecule has 5 rings (SSSR count).